The summed E-state index contributed by atoms with van der Waals surface area (Å²) in [5.74, 6) is 0.0931. The van der Waals surface area contributed by atoms with Gasteiger partial charge in [0.25, 0.3) is 0 Å². The number of amides is 1. The van der Waals surface area contributed by atoms with Crippen molar-refractivity contribution in [2.45, 2.75) is 33.2 Å². The van der Waals surface area contributed by atoms with Crippen molar-refractivity contribution in [2.75, 3.05) is 4.90 Å². The molecule has 0 unspecified atom stereocenters. The molecular weight excluding hydrogens is 198 g/mol. The first kappa shape index (κ1) is 12.5. The van der Waals surface area contributed by atoms with Crippen molar-refractivity contribution >= 4 is 11.6 Å². The topological polar surface area (TPSA) is 20.3 Å². The summed E-state index contributed by atoms with van der Waals surface area (Å²) in [6.45, 7) is 9.67. The van der Waals surface area contributed by atoms with Crippen molar-refractivity contribution in [1.29, 1.82) is 0 Å². The molecule has 16 heavy (non-hydrogen) atoms. The summed E-state index contributed by atoms with van der Waals surface area (Å²) in [4.78, 5) is 13.8. The van der Waals surface area contributed by atoms with Crippen LogP contribution in [0.1, 0.15) is 25.8 Å². The van der Waals surface area contributed by atoms with Crippen molar-refractivity contribution in [3.63, 3.8) is 0 Å². The van der Waals surface area contributed by atoms with E-state index in [1.54, 1.807) is 6.08 Å². The number of carbonyl (C=O) groups excluding carboxylic acids is 1. The molecule has 0 radical (unpaired) electrons. The number of hydrogen-bond donors (Lipinski definition) is 0. The summed E-state index contributed by atoms with van der Waals surface area (Å²) in [7, 11) is 0. The van der Waals surface area contributed by atoms with E-state index in [4.69, 9.17) is 0 Å². The van der Waals surface area contributed by atoms with E-state index in [-0.39, 0.29) is 11.9 Å². The number of rotatable bonds is 4. The molecule has 1 rings (SSSR count). The molecule has 0 aliphatic heterocycles. The van der Waals surface area contributed by atoms with Crippen LogP contribution in [0.3, 0.4) is 0 Å². The van der Waals surface area contributed by atoms with Gasteiger partial charge in [0.15, 0.2) is 0 Å². The largest absolute Gasteiger partial charge is 0.310 e. The van der Waals surface area contributed by atoms with Crippen molar-refractivity contribution in [3.8, 4) is 0 Å². The quantitative estimate of drug-likeness (QED) is 0.708. The van der Waals surface area contributed by atoms with Crippen LogP contribution in [-0.2, 0) is 4.79 Å². The fraction of sp³-hybridized carbons (Fsp3) is 0.357. The number of anilines is 1. The average Bonchev–Trinajstić information content (AvgIpc) is 2.17. The zero-order valence-electron chi connectivity index (χ0n) is 10.2. The second-order valence-corrected chi connectivity index (χ2v) is 4.19. The van der Waals surface area contributed by atoms with Crippen LogP contribution in [0.15, 0.2) is 36.9 Å². The molecular formula is C14H19NO. The minimum Gasteiger partial charge on any atom is -0.310 e. The maximum absolute atomic E-state index is 12.0. The Hall–Kier alpha value is -1.57. The molecule has 0 fully saturated rings. The molecule has 0 saturated heterocycles. The van der Waals surface area contributed by atoms with Crippen LogP contribution in [0.5, 0.6) is 0 Å². The van der Waals surface area contributed by atoms with Gasteiger partial charge in [0, 0.05) is 18.2 Å². The third kappa shape index (κ3) is 2.96. The lowest BCUT2D eigenvalue weighted by Gasteiger charge is -2.26. The first-order valence-electron chi connectivity index (χ1n) is 5.56. The number of aryl methyl sites for hydroxylation is 1. The van der Waals surface area contributed by atoms with Crippen molar-refractivity contribution in [1.82, 2.24) is 0 Å². The molecule has 86 valence electrons. The minimum atomic E-state index is 0.0931. The first-order valence-corrected chi connectivity index (χ1v) is 5.56. The number of carbonyl (C=O) groups is 1. The Morgan fingerprint density at radius 1 is 1.50 bits per heavy atom. The van der Waals surface area contributed by atoms with Gasteiger partial charge in [-0.15, -0.1) is 6.58 Å². The van der Waals surface area contributed by atoms with Crippen LogP contribution < -0.4 is 4.90 Å². The van der Waals surface area contributed by atoms with E-state index < -0.39 is 0 Å². The van der Waals surface area contributed by atoms with Gasteiger partial charge in [0.05, 0.1) is 0 Å². The summed E-state index contributed by atoms with van der Waals surface area (Å²) < 4.78 is 0. The fourth-order valence-corrected chi connectivity index (χ4v) is 1.73. The minimum absolute atomic E-state index is 0.0931. The zero-order chi connectivity index (χ0) is 12.1. The number of nitrogens with zero attached hydrogens (tertiary/aromatic N) is 1. The van der Waals surface area contributed by atoms with Crippen LogP contribution >= 0.6 is 0 Å². The van der Waals surface area contributed by atoms with Crippen LogP contribution in [0.25, 0.3) is 0 Å². The smallest absolute Gasteiger partial charge is 0.231 e. The number of hydrogen-bond acceptors (Lipinski definition) is 1. The highest BCUT2D eigenvalue weighted by molar-refractivity contribution is 5.94. The van der Waals surface area contributed by atoms with E-state index in [1.807, 2.05) is 49.9 Å². The average molecular weight is 217 g/mol. The maximum atomic E-state index is 12.0. The lowest BCUT2D eigenvalue weighted by molar-refractivity contribution is -0.118. The molecule has 0 N–H and O–H groups in total. The number of benzene rings is 1. The van der Waals surface area contributed by atoms with Crippen molar-refractivity contribution in [2.24, 2.45) is 0 Å². The Labute approximate surface area is 97.6 Å². The van der Waals surface area contributed by atoms with E-state index in [0.29, 0.717) is 6.42 Å². The third-order valence-electron chi connectivity index (χ3n) is 2.38. The van der Waals surface area contributed by atoms with Crippen LogP contribution in [0.4, 0.5) is 5.69 Å². The molecule has 0 heterocycles. The molecule has 0 atom stereocenters. The molecule has 0 aliphatic carbocycles. The second-order valence-electron chi connectivity index (χ2n) is 4.19. The lowest BCUT2D eigenvalue weighted by atomic mass is 10.1. The van der Waals surface area contributed by atoms with Gasteiger partial charge >= 0.3 is 0 Å². The summed E-state index contributed by atoms with van der Waals surface area (Å²) in [6.07, 6.45) is 2.03. The summed E-state index contributed by atoms with van der Waals surface area (Å²) in [5.41, 5.74) is 2.12. The van der Waals surface area contributed by atoms with E-state index >= 15 is 0 Å². The molecule has 0 aliphatic rings. The van der Waals surface area contributed by atoms with E-state index in [0.717, 1.165) is 11.3 Å². The maximum Gasteiger partial charge on any atom is 0.231 e. The molecule has 1 aromatic rings. The van der Waals surface area contributed by atoms with Crippen LogP contribution in [0.2, 0.25) is 0 Å². The molecule has 1 amide bonds. The lowest BCUT2D eigenvalue weighted by Crippen LogP contribution is -2.36. The highest BCUT2D eigenvalue weighted by atomic mass is 16.2. The van der Waals surface area contributed by atoms with Gasteiger partial charge in [-0.05, 0) is 38.5 Å². The van der Waals surface area contributed by atoms with Crippen molar-refractivity contribution in [3.05, 3.63) is 42.5 Å². The Morgan fingerprint density at radius 3 is 2.69 bits per heavy atom. The fourth-order valence-electron chi connectivity index (χ4n) is 1.73. The van der Waals surface area contributed by atoms with Gasteiger partial charge in [-0.3, -0.25) is 4.79 Å². The van der Waals surface area contributed by atoms with E-state index in [9.17, 15) is 4.79 Å². The molecule has 2 nitrogen and oxygen atoms in total. The van der Waals surface area contributed by atoms with E-state index in [2.05, 4.69) is 6.58 Å². The van der Waals surface area contributed by atoms with Gasteiger partial charge < -0.3 is 4.90 Å². The predicted octanol–water partition coefficient (Wildman–Crippen LogP) is 3.31. The van der Waals surface area contributed by atoms with Gasteiger partial charge in [-0.25, -0.2) is 0 Å². The normalized spacial score (nSPS) is 10.2. The Bertz CT molecular complexity index is 382. The van der Waals surface area contributed by atoms with E-state index in [1.165, 1.54) is 0 Å². The Morgan fingerprint density at radius 2 is 2.19 bits per heavy atom. The molecule has 2 heteroatoms. The predicted molar refractivity (Wildman–Crippen MR) is 68.6 cm³/mol. The monoisotopic (exact) mass is 217 g/mol. The molecule has 0 spiro atoms. The summed E-state index contributed by atoms with van der Waals surface area (Å²) in [5, 5.41) is 0. The highest BCUT2D eigenvalue weighted by Gasteiger charge is 2.17. The molecule has 0 saturated carbocycles. The van der Waals surface area contributed by atoms with Crippen LogP contribution in [0, 0.1) is 6.92 Å². The van der Waals surface area contributed by atoms with Gasteiger partial charge in [0.1, 0.15) is 0 Å². The van der Waals surface area contributed by atoms with Crippen LogP contribution in [-0.4, -0.2) is 11.9 Å². The Kier molecular flexibility index (Phi) is 4.29. The summed E-state index contributed by atoms with van der Waals surface area (Å²) >= 11 is 0. The van der Waals surface area contributed by atoms with Gasteiger partial charge in [0.2, 0.25) is 5.91 Å². The SMILES string of the molecule is C=CCC(=O)N(c1cccc(C)c1)C(C)C. The Balaban J connectivity index is 3.02. The standard InChI is InChI=1S/C14H19NO/c1-5-7-14(16)15(11(2)3)13-9-6-8-12(4)10-13/h5-6,8-11H,1,7H2,2-4H3. The third-order valence-corrected chi connectivity index (χ3v) is 2.38. The highest BCUT2D eigenvalue weighted by Crippen LogP contribution is 2.19. The zero-order valence-corrected chi connectivity index (χ0v) is 10.2. The van der Waals surface area contributed by atoms with Gasteiger partial charge in [-0.2, -0.15) is 0 Å². The molecule has 0 bridgehead atoms. The van der Waals surface area contributed by atoms with Crippen molar-refractivity contribution < 1.29 is 4.79 Å². The molecule has 0 aromatic heterocycles. The first-order chi connectivity index (χ1) is 7.56. The van der Waals surface area contributed by atoms with Gasteiger partial charge in [-0.1, -0.05) is 18.2 Å². The second kappa shape index (κ2) is 5.50. The summed E-state index contributed by atoms with van der Waals surface area (Å²) in [6, 6.07) is 8.16. The molecule has 1 aromatic carbocycles.